The van der Waals surface area contributed by atoms with Crippen molar-refractivity contribution in [2.75, 3.05) is 12.4 Å². The van der Waals surface area contributed by atoms with Crippen LogP contribution in [0.5, 0.6) is 0 Å². The minimum atomic E-state index is 0.119. The number of alkyl halides is 1. The molecule has 106 valence electrons. The number of ether oxygens (including phenoxy) is 2. The second-order valence-corrected chi connectivity index (χ2v) is 6.54. The van der Waals surface area contributed by atoms with Crippen LogP contribution >= 0.6 is 31.9 Å². The largest absolute Gasteiger partial charge is 0.381 e. The van der Waals surface area contributed by atoms with Crippen LogP contribution in [-0.4, -0.2) is 24.6 Å². The standard InChI is InChI=1S/C15H20Br2O2/c1-18-13-3-2-4-14(9-13)19-15(10-16)11-5-7-12(17)8-6-11/h5-8,13-15H,2-4,9-10H2,1H3. The lowest BCUT2D eigenvalue weighted by Gasteiger charge is -2.31. The second kappa shape index (κ2) is 7.77. The van der Waals surface area contributed by atoms with E-state index in [4.69, 9.17) is 9.47 Å². The fraction of sp³-hybridized carbons (Fsp3) is 0.600. The van der Waals surface area contributed by atoms with Crippen LogP contribution in [0.1, 0.15) is 37.4 Å². The predicted octanol–water partition coefficient (Wildman–Crippen LogP) is 4.86. The number of benzene rings is 1. The first-order chi connectivity index (χ1) is 9.22. The highest BCUT2D eigenvalue weighted by Crippen LogP contribution is 2.29. The van der Waals surface area contributed by atoms with Gasteiger partial charge in [0.2, 0.25) is 0 Å². The quantitative estimate of drug-likeness (QED) is 0.667. The van der Waals surface area contributed by atoms with Gasteiger partial charge in [-0.15, -0.1) is 0 Å². The summed E-state index contributed by atoms with van der Waals surface area (Å²) >= 11 is 7.03. The molecule has 0 saturated heterocycles. The molecule has 0 radical (unpaired) electrons. The molecule has 0 amide bonds. The molecular weight excluding hydrogens is 372 g/mol. The van der Waals surface area contributed by atoms with Gasteiger partial charge in [-0.25, -0.2) is 0 Å². The number of methoxy groups -OCH3 is 1. The van der Waals surface area contributed by atoms with E-state index in [9.17, 15) is 0 Å². The number of halogens is 2. The van der Waals surface area contributed by atoms with E-state index < -0.39 is 0 Å². The smallest absolute Gasteiger partial charge is 0.0925 e. The summed E-state index contributed by atoms with van der Waals surface area (Å²) in [5.74, 6) is 0. The maximum absolute atomic E-state index is 6.26. The zero-order valence-electron chi connectivity index (χ0n) is 11.1. The molecule has 0 heterocycles. The molecule has 1 aliphatic carbocycles. The lowest BCUT2D eigenvalue weighted by atomic mass is 9.94. The molecule has 2 nitrogen and oxygen atoms in total. The first-order valence-electron chi connectivity index (χ1n) is 6.72. The van der Waals surface area contributed by atoms with Crippen molar-refractivity contribution < 1.29 is 9.47 Å². The molecule has 1 aliphatic rings. The summed E-state index contributed by atoms with van der Waals surface area (Å²) in [6.07, 6.45) is 5.29. The lowest BCUT2D eigenvalue weighted by molar-refractivity contribution is -0.0584. The Bertz CT molecular complexity index is 380. The SMILES string of the molecule is COC1CCCC(OC(CBr)c2ccc(Br)cc2)C1. The molecule has 3 atom stereocenters. The maximum Gasteiger partial charge on any atom is 0.0925 e. The van der Waals surface area contributed by atoms with Crippen molar-refractivity contribution in [2.24, 2.45) is 0 Å². The highest BCUT2D eigenvalue weighted by molar-refractivity contribution is 9.10. The Morgan fingerprint density at radius 3 is 2.53 bits per heavy atom. The van der Waals surface area contributed by atoms with Crippen LogP contribution in [0.2, 0.25) is 0 Å². The molecule has 4 heteroatoms. The average Bonchev–Trinajstić information content (AvgIpc) is 2.46. The molecule has 1 saturated carbocycles. The molecule has 0 aliphatic heterocycles. The highest BCUT2D eigenvalue weighted by atomic mass is 79.9. The van der Waals surface area contributed by atoms with Gasteiger partial charge in [-0.05, 0) is 43.4 Å². The Kier molecular flexibility index (Phi) is 6.33. The first-order valence-corrected chi connectivity index (χ1v) is 8.64. The summed E-state index contributed by atoms with van der Waals surface area (Å²) in [5.41, 5.74) is 1.22. The third-order valence-electron chi connectivity index (χ3n) is 3.65. The molecule has 1 aromatic rings. The monoisotopic (exact) mass is 390 g/mol. The van der Waals surface area contributed by atoms with E-state index in [1.165, 1.54) is 12.0 Å². The van der Waals surface area contributed by atoms with E-state index in [1.807, 2.05) is 0 Å². The topological polar surface area (TPSA) is 18.5 Å². The molecule has 3 unspecified atom stereocenters. The molecule has 0 aromatic heterocycles. The van der Waals surface area contributed by atoms with Crippen molar-refractivity contribution in [2.45, 2.75) is 44.0 Å². The summed E-state index contributed by atoms with van der Waals surface area (Å²) in [4.78, 5) is 0. The van der Waals surface area contributed by atoms with Crippen LogP contribution in [0.4, 0.5) is 0 Å². The van der Waals surface area contributed by atoms with E-state index in [0.29, 0.717) is 12.2 Å². The van der Waals surface area contributed by atoms with Crippen LogP contribution in [0, 0.1) is 0 Å². The van der Waals surface area contributed by atoms with Crippen LogP contribution in [0.3, 0.4) is 0 Å². The highest BCUT2D eigenvalue weighted by Gasteiger charge is 2.25. The van der Waals surface area contributed by atoms with E-state index in [1.54, 1.807) is 7.11 Å². The van der Waals surface area contributed by atoms with Gasteiger partial charge in [0, 0.05) is 16.9 Å². The van der Waals surface area contributed by atoms with Crippen molar-refractivity contribution in [3.63, 3.8) is 0 Å². The molecule has 0 bridgehead atoms. The summed E-state index contributed by atoms with van der Waals surface area (Å²) < 4.78 is 12.8. The number of rotatable bonds is 5. The van der Waals surface area contributed by atoms with E-state index in [-0.39, 0.29) is 6.10 Å². The molecule has 0 spiro atoms. The van der Waals surface area contributed by atoms with E-state index in [2.05, 4.69) is 56.1 Å². The van der Waals surface area contributed by atoms with Gasteiger partial charge in [-0.2, -0.15) is 0 Å². The van der Waals surface area contributed by atoms with Gasteiger partial charge in [0.1, 0.15) is 0 Å². The summed E-state index contributed by atoms with van der Waals surface area (Å²) in [6, 6.07) is 8.36. The third-order valence-corrected chi connectivity index (χ3v) is 4.77. The zero-order valence-corrected chi connectivity index (χ0v) is 14.3. The van der Waals surface area contributed by atoms with Crippen molar-refractivity contribution in [3.05, 3.63) is 34.3 Å². The first kappa shape index (κ1) is 15.5. The Balaban J connectivity index is 1.96. The van der Waals surface area contributed by atoms with Gasteiger partial charge in [-0.3, -0.25) is 0 Å². The van der Waals surface area contributed by atoms with Crippen LogP contribution in [0.25, 0.3) is 0 Å². The summed E-state index contributed by atoms with van der Waals surface area (Å²) in [7, 11) is 1.80. The Morgan fingerprint density at radius 2 is 1.89 bits per heavy atom. The average molecular weight is 392 g/mol. The molecule has 2 rings (SSSR count). The van der Waals surface area contributed by atoms with Gasteiger partial charge in [-0.1, -0.05) is 44.0 Å². The van der Waals surface area contributed by atoms with Gasteiger partial charge < -0.3 is 9.47 Å². The van der Waals surface area contributed by atoms with Crippen molar-refractivity contribution in [1.82, 2.24) is 0 Å². The fourth-order valence-electron chi connectivity index (χ4n) is 2.55. The van der Waals surface area contributed by atoms with E-state index in [0.717, 1.165) is 29.1 Å². The number of hydrogen-bond acceptors (Lipinski definition) is 2. The normalized spacial score (nSPS) is 25.2. The molecule has 0 N–H and O–H groups in total. The van der Waals surface area contributed by atoms with Crippen molar-refractivity contribution in [1.29, 1.82) is 0 Å². The predicted molar refractivity (Wildman–Crippen MR) is 84.8 cm³/mol. The zero-order chi connectivity index (χ0) is 13.7. The van der Waals surface area contributed by atoms with E-state index >= 15 is 0 Å². The summed E-state index contributed by atoms with van der Waals surface area (Å²) in [5, 5.41) is 0.822. The van der Waals surface area contributed by atoms with Gasteiger partial charge in [0.25, 0.3) is 0 Å². The van der Waals surface area contributed by atoms with Crippen LogP contribution in [-0.2, 0) is 9.47 Å². The van der Waals surface area contributed by atoms with Gasteiger partial charge >= 0.3 is 0 Å². The van der Waals surface area contributed by atoms with Crippen molar-refractivity contribution >= 4 is 31.9 Å². The van der Waals surface area contributed by atoms with Gasteiger partial charge in [0.05, 0.1) is 18.3 Å². The maximum atomic E-state index is 6.26. The molecule has 1 fully saturated rings. The Labute approximate surface area is 132 Å². The van der Waals surface area contributed by atoms with Crippen LogP contribution in [0.15, 0.2) is 28.7 Å². The number of hydrogen-bond donors (Lipinski definition) is 0. The fourth-order valence-corrected chi connectivity index (χ4v) is 3.34. The second-order valence-electron chi connectivity index (χ2n) is 4.98. The minimum Gasteiger partial charge on any atom is -0.381 e. The molecular formula is C15H20Br2O2. The minimum absolute atomic E-state index is 0.119. The summed E-state index contributed by atoms with van der Waals surface area (Å²) in [6.45, 7) is 0. The van der Waals surface area contributed by atoms with Gasteiger partial charge in [0.15, 0.2) is 0 Å². The third kappa shape index (κ3) is 4.55. The van der Waals surface area contributed by atoms with Crippen molar-refractivity contribution in [3.8, 4) is 0 Å². The Hall–Kier alpha value is 0.1000. The molecule has 1 aromatic carbocycles. The lowest BCUT2D eigenvalue weighted by Crippen LogP contribution is -2.29. The Morgan fingerprint density at radius 1 is 1.21 bits per heavy atom. The van der Waals surface area contributed by atoms with Crippen LogP contribution < -0.4 is 0 Å². The molecule has 19 heavy (non-hydrogen) atoms.